The van der Waals surface area contributed by atoms with Gasteiger partial charge in [0.1, 0.15) is 0 Å². The van der Waals surface area contributed by atoms with Crippen LogP contribution in [0.15, 0.2) is 48.5 Å². The fourth-order valence-corrected chi connectivity index (χ4v) is 3.83. The summed E-state index contributed by atoms with van der Waals surface area (Å²) in [6.07, 6.45) is -4.52. The summed E-state index contributed by atoms with van der Waals surface area (Å²) >= 11 is 0. The highest BCUT2D eigenvalue weighted by molar-refractivity contribution is 5.99. The number of nitrogens with one attached hydrogen (secondary N) is 1. The first kappa shape index (κ1) is 21.7. The summed E-state index contributed by atoms with van der Waals surface area (Å²) in [6, 6.07) is 10.9. The first-order chi connectivity index (χ1) is 15.2. The minimum Gasteiger partial charge on any atom is -0.336 e. The van der Waals surface area contributed by atoms with E-state index in [9.17, 15) is 27.6 Å². The molecular weight excluding hydrogens is 425 g/mol. The number of urea groups is 1. The van der Waals surface area contributed by atoms with Crippen LogP contribution in [0.25, 0.3) is 0 Å². The second kappa shape index (κ2) is 8.52. The van der Waals surface area contributed by atoms with Crippen LogP contribution in [0.2, 0.25) is 0 Å². The number of hydrogen-bond donors (Lipinski definition) is 1. The molecule has 4 rings (SSSR count). The standard InChI is InChI=1S/C22H21F3N4O3/c23-22(24,25)17-5-1-3-15(13-17)19(30)27-9-11-28(12-10-27)20(31)16-4-2-6-18(14-16)29-8-7-26-21(29)32/h1-6,13-14H,7-12H2,(H,26,32). The van der Waals surface area contributed by atoms with Crippen LogP contribution >= 0.6 is 0 Å². The van der Waals surface area contributed by atoms with Crippen molar-refractivity contribution in [3.05, 3.63) is 65.2 Å². The molecule has 2 saturated heterocycles. The molecule has 10 heteroatoms. The number of alkyl halides is 3. The Hall–Kier alpha value is -3.56. The third-order valence-corrected chi connectivity index (χ3v) is 5.55. The molecule has 1 N–H and O–H groups in total. The summed E-state index contributed by atoms with van der Waals surface area (Å²) in [5.74, 6) is -0.720. The van der Waals surface area contributed by atoms with Crippen molar-refractivity contribution in [1.29, 1.82) is 0 Å². The fourth-order valence-electron chi connectivity index (χ4n) is 3.83. The Bertz CT molecular complexity index is 1050. The van der Waals surface area contributed by atoms with Crippen LogP contribution in [0, 0.1) is 0 Å². The zero-order valence-electron chi connectivity index (χ0n) is 17.1. The van der Waals surface area contributed by atoms with Gasteiger partial charge in [-0.05, 0) is 36.4 Å². The summed E-state index contributed by atoms with van der Waals surface area (Å²) in [4.78, 5) is 42.1. The van der Waals surface area contributed by atoms with Crippen molar-refractivity contribution in [3.8, 4) is 0 Å². The number of anilines is 1. The van der Waals surface area contributed by atoms with Gasteiger partial charge in [-0.2, -0.15) is 13.2 Å². The van der Waals surface area contributed by atoms with Crippen molar-refractivity contribution >= 4 is 23.5 Å². The van der Waals surface area contributed by atoms with Crippen LogP contribution in [0.3, 0.4) is 0 Å². The van der Waals surface area contributed by atoms with Crippen LogP contribution in [0.1, 0.15) is 26.3 Å². The van der Waals surface area contributed by atoms with Crippen LogP contribution in [-0.2, 0) is 6.18 Å². The van der Waals surface area contributed by atoms with E-state index in [2.05, 4.69) is 5.32 Å². The normalized spacial score (nSPS) is 16.8. The lowest BCUT2D eigenvalue weighted by molar-refractivity contribution is -0.137. The highest BCUT2D eigenvalue weighted by Crippen LogP contribution is 2.30. The molecule has 0 spiro atoms. The number of carbonyl (C=O) groups is 3. The molecule has 32 heavy (non-hydrogen) atoms. The van der Waals surface area contributed by atoms with Gasteiger partial charge in [0.05, 0.1) is 5.56 Å². The Kier molecular flexibility index (Phi) is 5.77. The molecule has 0 unspecified atom stereocenters. The third-order valence-electron chi connectivity index (χ3n) is 5.55. The molecule has 2 aliphatic rings. The topological polar surface area (TPSA) is 73.0 Å². The zero-order chi connectivity index (χ0) is 22.9. The van der Waals surface area contributed by atoms with Gasteiger partial charge in [0.25, 0.3) is 11.8 Å². The molecule has 4 amide bonds. The van der Waals surface area contributed by atoms with Crippen molar-refractivity contribution in [2.75, 3.05) is 44.2 Å². The van der Waals surface area contributed by atoms with Crippen LogP contribution in [0.4, 0.5) is 23.7 Å². The SMILES string of the molecule is O=C(c1cccc(N2CCNC2=O)c1)N1CCN(C(=O)c2cccc(C(F)(F)F)c2)CC1. The summed E-state index contributed by atoms with van der Waals surface area (Å²) < 4.78 is 38.8. The van der Waals surface area contributed by atoms with Gasteiger partial charge < -0.3 is 15.1 Å². The minimum atomic E-state index is -4.52. The first-order valence-corrected chi connectivity index (χ1v) is 10.2. The van der Waals surface area contributed by atoms with E-state index in [-0.39, 0.29) is 43.7 Å². The van der Waals surface area contributed by atoms with Crippen molar-refractivity contribution in [1.82, 2.24) is 15.1 Å². The molecule has 0 atom stereocenters. The van der Waals surface area contributed by atoms with Gasteiger partial charge in [0.15, 0.2) is 0 Å². The number of nitrogens with zero attached hydrogens (tertiary/aromatic N) is 3. The molecule has 2 fully saturated rings. The van der Waals surface area contributed by atoms with E-state index < -0.39 is 17.6 Å². The molecule has 7 nitrogen and oxygen atoms in total. The van der Waals surface area contributed by atoms with Gasteiger partial charge in [0, 0.05) is 56.1 Å². The maximum absolute atomic E-state index is 12.9. The van der Waals surface area contributed by atoms with Crippen molar-refractivity contribution in [2.24, 2.45) is 0 Å². The maximum Gasteiger partial charge on any atom is 0.416 e. The predicted molar refractivity (Wildman–Crippen MR) is 110 cm³/mol. The summed E-state index contributed by atoms with van der Waals surface area (Å²) in [7, 11) is 0. The van der Waals surface area contributed by atoms with E-state index in [1.165, 1.54) is 17.0 Å². The Morgan fingerprint density at radius 3 is 1.91 bits per heavy atom. The van der Waals surface area contributed by atoms with Crippen molar-refractivity contribution < 1.29 is 27.6 Å². The molecule has 2 aliphatic heterocycles. The monoisotopic (exact) mass is 446 g/mol. The smallest absolute Gasteiger partial charge is 0.336 e. The molecule has 0 saturated carbocycles. The minimum absolute atomic E-state index is 0.0313. The van der Waals surface area contributed by atoms with E-state index in [4.69, 9.17) is 0 Å². The Balaban J connectivity index is 1.40. The highest BCUT2D eigenvalue weighted by atomic mass is 19.4. The van der Waals surface area contributed by atoms with E-state index in [0.29, 0.717) is 24.3 Å². The number of amides is 4. The first-order valence-electron chi connectivity index (χ1n) is 10.2. The average Bonchev–Trinajstić information content (AvgIpc) is 3.23. The summed E-state index contributed by atoms with van der Waals surface area (Å²) in [5, 5.41) is 2.71. The van der Waals surface area contributed by atoms with Crippen LogP contribution in [0.5, 0.6) is 0 Å². The molecule has 2 aromatic carbocycles. The van der Waals surface area contributed by atoms with Gasteiger partial charge in [-0.25, -0.2) is 4.79 Å². The summed E-state index contributed by atoms with van der Waals surface area (Å²) in [6.45, 7) is 2.02. The van der Waals surface area contributed by atoms with Gasteiger partial charge in [-0.3, -0.25) is 14.5 Å². The maximum atomic E-state index is 12.9. The van der Waals surface area contributed by atoms with Gasteiger partial charge in [-0.15, -0.1) is 0 Å². The predicted octanol–water partition coefficient (Wildman–Crippen LogP) is 2.83. The molecule has 0 aliphatic carbocycles. The number of piperazine rings is 1. The molecule has 2 aromatic rings. The van der Waals surface area contributed by atoms with Crippen LogP contribution in [-0.4, -0.2) is 66.9 Å². The highest BCUT2D eigenvalue weighted by Gasteiger charge is 2.32. The van der Waals surface area contributed by atoms with Crippen molar-refractivity contribution in [3.63, 3.8) is 0 Å². The molecule has 0 bridgehead atoms. The average molecular weight is 446 g/mol. The Morgan fingerprint density at radius 2 is 1.38 bits per heavy atom. The van der Waals surface area contributed by atoms with Gasteiger partial charge in [-0.1, -0.05) is 12.1 Å². The third kappa shape index (κ3) is 4.39. The number of carbonyl (C=O) groups excluding carboxylic acids is 3. The molecule has 168 valence electrons. The number of hydrogen-bond acceptors (Lipinski definition) is 3. The molecule has 0 aromatic heterocycles. The second-order valence-electron chi connectivity index (χ2n) is 7.60. The summed E-state index contributed by atoms with van der Waals surface area (Å²) in [5.41, 5.74) is 0.156. The second-order valence-corrected chi connectivity index (χ2v) is 7.60. The lowest BCUT2D eigenvalue weighted by Crippen LogP contribution is -2.50. The zero-order valence-corrected chi connectivity index (χ0v) is 17.1. The molecule has 0 radical (unpaired) electrons. The Morgan fingerprint density at radius 1 is 0.812 bits per heavy atom. The Labute approximate surface area is 182 Å². The van der Waals surface area contributed by atoms with E-state index in [1.54, 1.807) is 34.1 Å². The molecule has 2 heterocycles. The number of rotatable bonds is 3. The molecular formula is C22H21F3N4O3. The quantitative estimate of drug-likeness (QED) is 0.788. The van der Waals surface area contributed by atoms with E-state index in [0.717, 1.165) is 12.1 Å². The van der Waals surface area contributed by atoms with Crippen molar-refractivity contribution in [2.45, 2.75) is 6.18 Å². The van der Waals surface area contributed by atoms with E-state index in [1.807, 2.05) is 0 Å². The van der Waals surface area contributed by atoms with Crippen LogP contribution < -0.4 is 10.2 Å². The lowest BCUT2D eigenvalue weighted by atomic mass is 10.1. The largest absolute Gasteiger partial charge is 0.416 e. The number of benzene rings is 2. The van der Waals surface area contributed by atoms with Gasteiger partial charge >= 0.3 is 12.2 Å². The van der Waals surface area contributed by atoms with E-state index >= 15 is 0 Å². The fraction of sp³-hybridized carbons (Fsp3) is 0.318. The lowest BCUT2D eigenvalue weighted by Gasteiger charge is -2.35. The van der Waals surface area contributed by atoms with Gasteiger partial charge in [0.2, 0.25) is 0 Å². The number of halogens is 3.